The molecule has 1 aromatic carbocycles. The van der Waals surface area contributed by atoms with Gasteiger partial charge in [-0.1, -0.05) is 11.2 Å². The van der Waals surface area contributed by atoms with Crippen LogP contribution in [0.25, 0.3) is 0 Å². The van der Waals surface area contributed by atoms with E-state index in [0.717, 1.165) is 0 Å². The van der Waals surface area contributed by atoms with E-state index in [1.54, 1.807) is 26.1 Å². The van der Waals surface area contributed by atoms with Crippen LogP contribution in [0.1, 0.15) is 23.7 Å². The Labute approximate surface area is 127 Å². The molecule has 0 bridgehead atoms. The molecular weight excluding hydrogens is 289 g/mol. The number of aryl methyl sites for hydroxylation is 2. The van der Waals surface area contributed by atoms with Crippen LogP contribution in [0.15, 0.2) is 22.7 Å². The molecule has 1 aromatic heterocycles. The molecule has 0 N–H and O–H groups in total. The first-order chi connectivity index (χ1) is 10.5. The third-order valence-corrected chi connectivity index (χ3v) is 3.18. The minimum atomic E-state index is -0.442. The van der Waals surface area contributed by atoms with Gasteiger partial charge in [0.15, 0.2) is 17.4 Å². The number of ether oxygens (including phenoxy) is 1. The molecule has 0 fully saturated rings. The summed E-state index contributed by atoms with van der Waals surface area (Å²) in [5.74, 6) is 0.651. The molecule has 0 saturated carbocycles. The highest BCUT2D eigenvalue weighted by Crippen LogP contribution is 2.18. The predicted octanol–water partition coefficient (Wildman–Crippen LogP) is 2.12. The summed E-state index contributed by atoms with van der Waals surface area (Å²) in [6.07, 6.45) is 0.651. The van der Waals surface area contributed by atoms with Gasteiger partial charge in [0, 0.05) is 26.4 Å². The molecule has 6 nitrogen and oxygen atoms in total. The van der Waals surface area contributed by atoms with Crippen LogP contribution in [0.3, 0.4) is 0 Å². The summed E-state index contributed by atoms with van der Waals surface area (Å²) >= 11 is 0. The molecule has 0 aliphatic carbocycles. The highest BCUT2D eigenvalue weighted by molar-refractivity contribution is 5.76. The monoisotopic (exact) mass is 307 g/mol. The fourth-order valence-corrected chi connectivity index (χ4v) is 2.02. The van der Waals surface area contributed by atoms with Crippen molar-refractivity contribution in [2.75, 3.05) is 14.2 Å². The molecule has 0 unspecified atom stereocenters. The lowest BCUT2D eigenvalue weighted by Gasteiger charge is -2.17. The molecule has 0 atom stereocenters. The van der Waals surface area contributed by atoms with Crippen LogP contribution in [0.5, 0.6) is 5.75 Å². The third-order valence-electron chi connectivity index (χ3n) is 3.18. The van der Waals surface area contributed by atoms with Crippen molar-refractivity contribution in [3.05, 3.63) is 41.3 Å². The lowest BCUT2D eigenvalue weighted by molar-refractivity contribution is -0.130. The second-order valence-electron chi connectivity index (χ2n) is 4.95. The average Bonchev–Trinajstić information content (AvgIpc) is 2.90. The van der Waals surface area contributed by atoms with Crippen LogP contribution < -0.4 is 4.74 Å². The fraction of sp³-hybridized carbons (Fsp3) is 0.400. The normalized spacial score (nSPS) is 10.5. The fourth-order valence-electron chi connectivity index (χ4n) is 2.02. The van der Waals surface area contributed by atoms with Gasteiger partial charge in [-0.2, -0.15) is 4.98 Å². The molecule has 118 valence electrons. The molecule has 0 aliphatic heterocycles. The molecule has 22 heavy (non-hydrogen) atoms. The Morgan fingerprint density at radius 2 is 2.23 bits per heavy atom. The number of benzene rings is 1. The first kappa shape index (κ1) is 15.9. The van der Waals surface area contributed by atoms with Crippen molar-refractivity contribution in [1.29, 1.82) is 0 Å². The van der Waals surface area contributed by atoms with E-state index in [1.807, 2.05) is 0 Å². The Bertz CT molecular complexity index is 657. The van der Waals surface area contributed by atoms with Crippen LogP contribution in [-0.2, 0) is 17.8 Å². The summed E-state index contributed by atoms with van der Waals surface area (Å²) in [6, 6.07) is 4.64. The first-order valence-corrected chi connectivity index (χ1v) is 6.85. The summed E-state index contributed by atoms with van der Waals surface area (Å²) in [4.78, 5) is 17.6. The van der Waals surface area contributed by atoms with Crippen LogP contribution >= 0.6 is 0 Å². The Morgan fingerprint density at radius 1 is 1.45 bits per heavy atom. The Balaban J connectivity index is 1.89. The van der Waals surface area contributed by atoms with Crippen LogP contribution in [0.4, 0.5) is 4.39 Å². The maximum atomic E-state index is 13.6. The van der Waals surface area contributed by atoms with E-state index in [1.165, 1.54) is 18.1 Å². The topological polar surface area (TPSA) is 68.5 Å². The SMILES string of the molecule is COc1ccc(CN(C)C(=O)CCc2nc(C)no2)cc1F. The first-order valence-electron chi connectivity index (χ1n) is 6.85. The zero-order valence-corrected chi connectivity index (χ0v) is 12.8. The van der Waals surface area contributed by atoms with Gasteiger partial charge < -0.3 is 14.2 Å². The van der Waals surface area contributed by atoms with Gasteiger partial charge in [-0.3, -0.25) is 4.79 Å². The van der Waals surface area contributed by atoms with Crippen molar-refractivity contribution in [2.45, 2.75) is 26.3 Å². The maximum absolute atomic E-state index is 13.6. The summed E-state index contributed by atoms with van der Waals surface area (Å²) in [6.45, 7) is 2.04. The number of nitrogens with zero attached hydrogens (tertiary/aromatic N) is 3. The summed E-state index contributed by atoms with van der Waals surface area (Å²) < 4.78 is 23.4. The Kier molecular flexibility index (Phi) is 5.08. The lowest BCUT2D eigenvalue weighted by Crippen LogP contribution is -2.26. The zero-order valence-electron chi connectivity index (χ0n) is 12.8. The molecule has 7 heteroatoms. The van der Waals surface area contributed by atoms with Crippen molar-refractivity contribution < 1.29 is 18.4 Å². The van der Waals surface area contributed by atoms with Crippen LogP contribution in [0, 0.1) is 12.7 Å². The minimum Gasteiger partial charge on any atom is -0.494 e. The molecule has 0 saturated heterocycles. The van der Waals surface area contributed by atoms with E-state index >= 15 is 0 Å². The highest BCUT2D eigenvalue weighted by atomic mass is 19.1. The molecule has 0 radical (unpaired) electrons. The highest BCUT2D eigenvalue weighted by Gasteiger charge is 2.13. The van der Waals surface area contributed by atoms with E-state index in [2.05, 4.69) is 10.1 Å². The van der Waals surface area contributed by atoms with Gasteiger partial charge in [-0.05, 0) is 24.6 Å². The van der Waals surface area contributed by atoms with E-state index in [4.69, 9.17) is 9.26 Å². The van der Waals surface area contributed by atoms with E-state index in [0.29, 0.717) is 30.2 Å². The number of carbonyl (C=O) groups excluding carboxylic acids is 1. The van der Waals surface area contributed by atoms with E-state index in [-0.39, 0.29) is 18.1 Å². The van der Waals surface area contributed by atoms with E-state index in [9.17, 15) is 9.18 Å². The number of carbonyl (C=O) groups is 1. The smallest absolute Gasteiger partial charge is 0.227 e. The van der Waals surface area contributed by atoms with Crippen molar-refractivity contribution in [1.82, 2.24) is 15.0 Å². The molecule has 2 aromatic rings. The second kappa shape index (κ2) is 7.02. The Morgan fingerprint density at radius 3 is 2.82 bits per heavy atom. The van der Waals surface area contributed by atoms with Crippen molar-refractivity contribution in [2.24, 2.45) is 0 Å². The zero-order chi connectivity index (χ0) is 16.1. The molecule has 1 heterocycles. The van der Waals surface area contributed by atoms with Gasteiger partial charge in [0.25, 0.3) is 0 Å². The summed E-state index contributed by atoms with van der Waals surface area (Å²) in [5, 5.41) is 3.67. The van der Waals surface area contributed by atoms with Gasteiger partial charge in [0.05, 0.1) is 7.11 Å². The van der Waals surface area contributed by atoms with Crippen molar-refractivity contribution >= 4 is 5.91 Å². The Hall–Kier alpha value is -2.44. The number of aromatic nitrogens is 2. The molecule has 0 aliphatic rings. The van der Waals surface area contributed by atoms with Crippen LogP contribution in [0.2, 0.25) is 0 Å². The molecular formula is C15H18FN3O3. The van der Waals surface area contributed by atoms with Gasteiger partial charge in [-0.15, -0.1) is 0 Å². The summed E-state index contributed by atoms with van der Waals surface area (Å²) in [5.41, 5.74) is 0.697. The quantitative estimate of drug-likeness (QED) is 0.817. The van der Waals surface area contributed by atoms with Gasteiger partial charge >= 0.3 is 0 Å². The minimum absolute atomic E-state index is 0.0768. The number of rotatable bonds is 6. The average molecular weight is 307 g/mol. The third kappa shape index (κ3) is 4.03. The van der Waals surface area contributed by atoms with Crippen LogP contribution in [-0.4, -0.2) is 35.1 Å². The van der Waals surface area contributed by atoms with Crippen molar-refractivity contribution in [3.63, 3.8) is 0 Å². The largest absolute Gasteiger partial charge is 0.494 e. The molecule has 2 rings (SSSR count). The molecule has 1 amide bonds. The van der Waals surface area contributed by atoms with Crippen molar-refractivity contribution in [3.8, 4) is 5.75 Å². The number of methoxy groups -OCH3 is 1. The number of halogens is 1. The standard InChI is InChI=1S/C15H18FN3O3/c1-10-17-14(22-18-10)6-7-15(20)19(2)9-11-4-5-13(21-3)12(16)8-11/h4-5,8H,6-7,9H2,1-3H3. The van der Waals surface area contributed by atoms with Gasteiger partial charge in [0.1, 0.15) is 0 Å². The lowest BCUT2D eigenvalue weighted by atomic mass is 10.2. The number of hydrogen-bond donors (Lipinski definition) is 0. The van der Waals surface area contributed by atoms with E-state index < -0.39 is 5.82 Å². The summed E-state index contributed by atoms with van der Waals surface area (Å²) in [7, 11) is 3.08. The van der Waals surface area contributed by atoms with Gasteiger partial charge in [-0.25, -0.2) is 4.39 Å². The molecule has 0 spiro atoms. The predicted molar refractivity (Wildman–Crippen MR) is 76.8 cm³/mol. The maximum Gasteiger partial charge on any atom is 0.227 e. The number of hydrogen-bond acceptors (Lipinski definition) is 5. The number of amides is 1. The van der Waals surface area contributed by atoms with Gasteiger partial charge in [0.2, 0.25) is 11.8 Å². The second-order valence-corrected chi connectivity index (χ2v) is 4.95.